The third-order valence-electron chi connectivity index (χ3n) is 3.83. The second-order valence-corrected chi connectivity index (χ2v) is 7.45. The molecular formula is C15H23BrN4O2. The van der Waals surface area contributed by atoms with Gasteiger partial charge in [0.25, 0.3) is 5.56 Å². The Kier molecular flexibility index (Phi) is 4.94. The van der Waals surface area contributed by atoms with Gasteiger partial charge in [-0.3, -0.25) is 9.59 Å². The van der Waals surface area contributed by atoms with Gasteiger partial charge < -0.3 is 9.80 Å². The molecule has 0 unspecified atom stereocenters. The summed E-state index contributed by atoms with van der Waals surface area (Å²) in [6.45, 7) is 8.76. The minimum Gasteiger partial charge on any atom is -0.367 e. The van der Waals surface area contributed by atoms with E-state index in [-0.39, 0.29) is 16.9 Å². The first-order valence-electron chi connectivity index (χ1n) is 7.48. The van der Waals surface area contributed by atoms with Gasteiger partial charge in [-0.25, -0.2) is 4.68 Å². The summed E-state index contributed by atoms with van der Waals surface area (Å²) < 4.78 is 1.83. The third-order valence-corrected chi connectivity index (χ3v) is 4.57. The van der Waals surface area contributed by atoms with Gasteiger partial charge in [0.15, 0.2) is 0 Å². The molecule has 1 aliphatic heterocycles. The van der Waals surface area contributed by atoms with E-state index >= 15 is 0 Å². The van der Waals surface area contributed by atoms with E-state index in [2.05, 4.69) is 25.9 Å². The van der Waals surface area contributed by atoms with Gasteiger partial charge in [-0.15, -0.1) is 0 Å². The van der Waals surface area contributed by atoms with E-state index in [0.29, 0.717) is 17.6 Å². The standard InChI is InChI=1S/C15H23BrN4O2/c1-15(2,3)14(22)20-7-5-6-19(8-9-20)11-10-17-18(4)13(21)12(11)16/h10H,5-9H2,1-4H3. The van der Waals surface area contributed by atoms with E-state index in [0.717, 1.165) is 25.2 Å². The van der Waals surface area contributed by atoms with Crippen molar-refractivity contribution in [1.82, 2.24) is 14.7 Å². The van der Waals surface area contributed by atoms with Crippen LogP contribution in [0.15, 0.2) is 15.5 Å². The molecule has 0 bridgehead atoms. The van der Waals surface area contributed by atoms with Gasteiger partial charge in [0.1, 0.15) is 4.47 Å². The number of nitrogens with zero attached hydrogens (tertiary/aromatic N) is 4. The van der Waals surface area contributed by atoms with Gasteiger partial charge in [0, 0.05) is 38.6 Å². The largest absolute Gasteiger partial charge is 0.367 e. The summed E-state index contributed by atoms with van der Waals surface area (Å²) in [4.78, 5) is 28.4. The van der Waals surface area contributed by atoms with Gasteiger partial charge in [0.05, 0.1) is 11.9 Å². The van der Waals surface area contributed by atoms with E-state index < -0.39 is 0 Å². The summed E-state index contributed by atoms with van der Waals surface area (Å²) in [5.41, 5.74) is 0.289. The molecule has 1 aliphatic rings. The Labute approximate surface area is 139 Å². The van der Waals surface area contributed by atoms with Crippen molar-refractivity contribution in [3.05, 3.63) is 21.0 Å². The molecular weight excluding hydrogens is 348 g/mol. The minimum absolute atomic E-state index is 0.149. The Bertz CT molecular complexity index is 621. The second-order valence-electron chi connectivity index (χ2n) is 6.66. The topological polar surface area (TPSA) is 58.4 Å². The average Bonchev–Trinajstić information content (AvgIpc) is 2.69. The van der Waals surface area contributed by atoms with Crippen LogP contribution in [0, 0.1) is 5.41 Å². The number of hydrogen-bond donors (Lipinski definition) is 0. The average molecular weight is 371 g/mol. The fourth-order valence-electron chi connectivity index (χ4n) is 2.56. The predicted octanol–water partition coefficient (Wildman–Crippen LogP) is 1.63. The zero-order valence-corrected chi connectivity index (χ0v) is 15.2. The molecule has 0 saturated carbocycles. The van der Waals surface area contributed by atoms with Gasteiger partial charge in [0.2, 0.25) is 5.91 Å². The molecule has 0 aromatic carbocycles. The van der Waals surface area contributed by atoms with Crippen LogP contribution in [0.5, 0.6) is 0 Å². The molecule has 1 aromatic rings. The van der Waals surface area contributed by atoms with Crippen LogP contribution in [0.1, 0.15) is 27.2 Å². The lowest BCUT2D eigenvalue weighted by Gasteiger charge is -2.28. The smallest absolute Gasteiger partial charge is 0.282 e. The van der Waals surface area contributed by atoms with Crippen LogP contribution in [-0.4, -0.2) is 46.8 Å². The van der Waals surface area contributed by atoms with E-state index in [1.165, 1.54) is 4.68 Å². The first-order valence-corrected chi connectivity index (χ1v) is 8.27. The third kappa shape index (κ3) is 3.51. The molecule has 2 heterocycles. The van der Waals surface area contributed by atoms with Crippen molar-refractivity contribution in [3.8, 4) is 0 Å². The molecule has 7 heteroatoms. The number of carbonyl (C=O) groups is 1. The zero-order valence-electron chi connectivity index (χ0n) is 13.6. The summed E-state index contributed by atoms with van der Waals surface area (Å²) in [6, 6.07) is 0. The molecule has 1 aromatic heterocycles. The highest BCUT2D eigenvalue weighted by molar-refractivity contribution is 9.10. The van der Waals surface area contributed by atoms with Crippen LogP contribution in [0.2, 0.25) is 0 Å². The number of rotatable bonds is 1. The van der Waals surface area contributed by atoms with E-state index in [1.807, 2.05) is 25.7 Å². The number of halogens is 1. The van der Waals surface area contributed by atoms with Crippen LogP contribution in [0.25, 0.3) is 0 Å². The lowest BCUT2D eigenvalue weighted by Crippen LogP contribution is -2.41. The van der Waals surface area contributed by atoms with Crippen molar-refractivity contribution in [2.24, 2.45) is 12.5 Å². The number of carbonyl (C=O) groups excluding carboxylic acids is 1. The molecule has 6 nitrogen and oxygen atoms in total. The van der Waals surface area contributed by atoms with Gasteiger partial charge in [-0.2, -0.15) is 5.10 Å². The highest BCUT2D eigenvalue weighted by atomic mass is 79.9. The van der Waals surface area contributed by atoms with Crippen LogP contribution < -0.4 is 10.5 Å². The second kappa shape index (κ2) is 6.40. The predicted molar refractivity (Wildman–Crippen MR) is 90.0 cm³/mol. The van der Waals surface area contributed by atoms with Crippen LogP contribution in [0.4, 0.5) is 5.69 Å². The molecule has 0 atom stereocenters. The number of amides is 1. The summed E-state index contributed by atoms with van der Waals surface area (Å²) in [7, 11) is 1.63. The Morgan fingerprint density at radius 1 is 1.23 bits per heavy atom. The maximum absolute atomic E-state index is 12.4. The van der Waals surface area contributed by atoms with E-state index in [9.17, 15) is 9.59 Å². The molecule has 2 rings (SSSR count). The summed E-state index contributed by atoms with van der Waals surface area (Å²) in [5, 5.41) is 4.09. The highest BCUT2D eigenvalue weighted by Crippen LogP contribution is 2.24. The van der Waals surface area contributed by atoms with Crippen LogP contribution >= 0.6 is 15.9 Å². The zero-order chi connectivity index (χ0) is 16.5. The van der Waals surface area contributed by atoms with Crippen molar-refractivity contribution < 1.29 is 4.79 Å². The summed E-state index contributed by atoms with van der Waals surface area (Å²) in [6.07, 6.45) is 2.58. The molecule has 0 aliphatic carbocycles. The Balaban J connectivity index is 2.16. The first kappa shape index (κ1) is 17.0. The number of hydrogen-bond acceptors (Lipinski definition) is 4. The molecule has 22 heavy (non-hydrogen) atoms. The van der Waals surface area contributed by atoms with Crippen molar-refractivity contribution in [2.45, 2.75) is 27.2 Å². The maximum atomic E-state index is 12.4. The normalized spacial score (nSPS) is 16.6. The molecule has 1 saturated heterocycles. The fourth-order valence-corrected chi connectivity index (χ4v) is 3.17. The molecule has 1 amide bonds. The fraction of sp³-hybridized carbons (Fsp3) is 0.667. The number of anilines is 1. The van der Waals surface area contributed by atoms with Crippen molar-refractivity contribution in [3.63, 3.8) is 0 Å². The van der Waals surface area contributed by atoms with E-state index in [4.69, 9.17) is 0 Å². The molecule has 0 N–H and O–H groups in total. The molecule has 122 valence electrons. The molecule has 0 spiro atoms. The molecule has 0 radical (unpaired) electrons. The Morgan fingerprint density at radius 3 is 2.55 bits per heavy atom. The number of aromatic nitrogens is 2. The monoisotopic (exact) mass is 370 g/mol. The van der Waals surface area contributed by atoms with Gasteiger partial charge >= 0.3 is 0 Å². The summed E-state index contributed by atoms with van der Waals surface area (Å²) >= 11 is 3.37. The van der Waals surface area contributed by atoms with Crippen molar-refractivity contribution in [2.75, 3.05) is 31.1 Å². The van der Waals surface area contributed by atoms with Crippen LogP contribution in [0.3, 0.4) is 0 Å². The quantitative estimate of drug-likeness (QED) is 0.753. The SMILES string of the molecule is Cn1ncc(N2CCCN(C(=O)C(C)(C)C)CC2)c(Br)c1=O. The Morgan fingerprint density at radius 2 is 1.91 bits per heavy atom. The highest BCUT2D eigenvalue weighted by Gasteiger charge is 2.29. The first-order chi connectivity index (χ1) is 10.2. The maximum Gasteiger partial charge on any atom is 0.282 e. The van der Waals surface area contributed by atoms with E-state index in [1.54, 1.807) is 13.2 Å². The van der Waals surface area contributed by atoms with Crippen molar-refractivity contribution in [1.29, 1.82) is 0 Å². The Hall–Kier alpha value is -1.37. The summed E-state index contributed by atoms with van der Waals surface area (Å²) in [5.74, 6) is 0.176. The minimum atomic E-state index is -0.361. The lowest BCUT2D eigenvalue weighted by molar-refractivity contribution is -0.139. The lowest BCUT2D eigenvalue weighted by atomic mass is 9.94. The molecule has 1 fully saturated rings. The van der Waals surface area contributed by atoms with Gasteiger partial charge in [-0.05, 0) is 22.4 Å². The van der Waals surface area contributed by atoms with Crippen LogP contribution in [-0.2, 0) is 11.8 Å². The van der Waals surface area contributed by atoms with Crippen molar-refractivity contribution >= 4 is 27.5 Å². The number of aryl methyl sites for hydroxylation is 1. The van der Waals surface area contributed by atoms with Gasteiger partial charge in [-0.1, -0.05) is 20.8 Å².